The average Bonchev–Trinajstić information content (AvgIpc) is 2.82. The number of fused-ring (bicyclic) bond motifs is 4. The summed E-state index contributed by atoms with van der Waals surface area (Å²) in [4.78, 5) is 15.3. The van der Waals surface area contributed by atoms with Gasteiger partial charge in [-0.25, -0.2) is 4.79 Å². The summed E-state index contributed by atoms with van der Waals surface area (Å²) in [5.74, 6) is 1.26. The van der Waals surface area contributed by atoms with E-state index >= 15 is 0 Å². The highest BCUT2D eigenvalue weighted by Gasteiger charge is 2.41. The van der Waals surface area contributed by atoms with Gasteiger partial charge in [-0.05, 0) is 54.6 Å². The van der Waals surface area contributed by atoms with Crippen molar-refractivity contribution in [2.24, 2.45) is 11.3 Å². The SMILES string of the molecule is CC1(C)COc2cc(-c3cccc(CC#N)c3)ccc2C1NC(=O)O[C@@H]1CN2CCC1CC2. The number of amides is 1. The van der Waals surface area contributed by atoms with Crippen LogP contribution in [0.1, 0.15) is 43.9 Å². The Labute approximate surface area is 195 Å². The Morgan fingerprint density at radius 2 is 2.00 bits per heavy atom. The van der Waals surface area contributed by atoms with Gasteiger partial charge in [0.1, 0.15) is 11.9 Å². The van der Waals surface area contributed by atoms with Gasteiger partial charge in [0, 0.05) is 17.5 Å². The van der Waals surface area contributed by atoms with Crippen LogP contribution < -0.4 is 10.1 Å². The third-order valence-electron chi connectivity index (χ3n) is 7.37. The van der Waals surface area contributed by atoms with Crippen molar-refractivity contribution in [1.29, 1.82) is 5.26 Å². The molecule has 0 aromatic heterocycles. The maximum Gasteiger partial charge on any atom is 0.407 e. The molecular weight excluding hydrogens is 414 g/mol. The molecule has 3 saturated heterocycles. The second-order valence-electron chi connectivity index (χ2n) is 10.2. The molecule has 6 nitrogen and oxygen atoms in total. The molecule has 6 rings (SSSR count). The zero-order chi connectivity index (χ0) is 23.0. The fourth-order valence-electron chi connectivity index (χ4n) is 5.40. The Morgan fingerprint density at radius 3 is 2.73 bits per heavy atom. The van der Waals surface area contributed by atoms with Gasteiger partial charge in [-0.3, -0.25) is 4.90 Å². The lowest BCUT2D eigenvalue weighted by Crippen LogP contribution is -2.53. The maximum atomic E-state index is 12.9. The summed E-state index contributed by atoms with van der Waals surface area (Å²) in [5, 5.41) is 12.2. The van der Waals surface area contributed by atoms with Crippen molar-refractivity contribution < 1.29 is 14.3 Å². The number of carbonyl (C=O) groups excluding carboxylic acids is 1. The molecule has 4 aliphatic rings. The first-order chi connectivity index (χ1) is 15.9. The molecule has 0 aliphatic carbocycles. The zero-order valence-electron chi connectivity index (χ0n) is 19.3. The Morgan fingerprint density at radius 1 is 1.21 bits per heavy atom. The van der Waals surface area contributed by atoms with E-state index in [9.17, 15) is 4.79 Å². The van der Waals surface area contributed by atoms with Crippen molar-refractivity contribution in [3.8, 4) is 22.9 Å². The van der Waals surface area contributed by atoms with E-state index in [4.69, 9.17) is 14.7 Å². The molecule has 0 saturated carbocycles. The highest BCUT2D eigenvalue weighted by molar-refractivity contribution is 5.70. The number of carbonyl (C=O) groups is 1. The summed E-state index contributed by atoms with van der Waals surface area (Å²) in [5.41, 5.74) is 3.76. The number of piperidine rings is 3. The molecule has 0 radical (unpaired) electrons. The molecule has 4 aliphatic heterocycles. The molecule has 2 atom stereocenters. The van der Waals surface area contributed by atoms with Crippen molar-refractivity contribution in [2.45, 2.75) is 45.3 Å². The molecule has 2 bridgehead atoms. The average molecular weight is 446 g/mol. The number of alkyl carbamates (subject to hydrolysis) is 1. The molecule has 33 heavy (non-hydrogen) atoms. The number of ether oxygens (including phenoxy) is 2. The van der Waals surface area contributed by atoms with Gasteiger partial charge in [-0.1, -0.05) is 50.2 Å². The van der Waals surface area contributed by atoms with Crippen LogP contribution in [0.15, 0.2) is 42.5 Å². The van der Waals surface area contributed by atoms with E-state index in [0.29, 0.717) is 18.9 Å². The summed E-state index contributed by atoms with van der Waals surface area (Å²) < 4.78 is 12.0. The van der Waals surface area contributed by atoms with Crippen LogP contribution in [-0.4, -0.2) is 43.3 Å². The highest BCUT2D eigenvalue weighted by atomic mass is 16.6. The molecule has 1 unspecified atom stereocenters. The molecular formula is C27H31N3O3. The van der Waals surface area contributed by atoms with Crippen molar-refractivity contribution >= 4 is 6.09 Å². The van der Waals surface area contributed by atoms with Gasteiger partial charge in [-0.2, -0.15) is 5.26 Å². The van der Waals surface area contributed by atoms with Crippen molar-refractivity contribution in [3.05, 3.63) is 53.6 Å². The van der Waals surface area contributed by atoms with Crippen LogP contribution in [0.4, 0.5) is 4.79 Å². The predicted molar refractivity (Wildman–Crippen MR) is 126 cm³/mol. The van der Waals surface area contributed by atoms with Crippen LogP contribution in [0.25, 0.3) is 11.1 Å². The number of nitriles is 1. The van der Waals surface area contributed by atoms with Gasteiger partial charge in [-0.15, -0.1) is 0 Å². The minimum absolute atomic E-state index is 0.0158. The van der Waals surface area contributed by atoms with Gasteiger partial charge < -0.3 is 14.8 Å². The van der Waals surface area contributed by atoms with Gasteiger partial charge in [0.15, 0.2) is 0 Å². The number of nitrogens with one attached hydrogen (secondary N) is 1. The standard InChI is InChI=1S/C27H31N3O3/c1-27(2)17-32-23-15-21(20-5-3-4-18(14-20)8-11-28)6-7-22(23)25(27)29-26(31)33-24-16-30-12-9-19(24)10-13-30/h3-7,14-15,19,24-25H,8-10,12-13,16-17H2,1-2H3,(H,29,31)/t24-,25?/m1/s1. The van der Waals surface area contributed by atoms with E-state index in [1.165, 1.54) is 0 Å². The first kappa shape index (κ1) is 21.8. The Bertz CT molecular complexity index is 1080. The second-order valence-corrected chi connectivity index (χ2v) is 10.2. The van der Waals surface area contributed by atoms with E-state index in [0.717, 1.165) is 60.5 Å². The lowest BCUT2D eigenvalue weighted by atomic mass is 9.78. The normalized spacial score (nSPS) is 27.1. The van der Waals surface area contributed by atoms with E-state index in [1.807, 2.05) is 36.4 Å². The van der Waals surface area contributed by atoms with E-state index < -0.39 is 0 Å². The lowest BCUT2D eigenvalue weighted by Gasteiger charge is -2.44. The van der Waals surface area contributed by atoms with Gasteiger partial charge in [0.2, 0.25) is 0 Å². The van der Waals surface area contributed by atoms with Crippen LogP contribution >= 0.6 is 0 Å². The smallest absolute Gasteiger partial charge is 0.407 e. The minimum atomic E-state index is -0.340. The van der Waals surface area contributed by atoms with Gasteiger partial charge in [0.05, 0.1) is 25.1 Å². The Balaban J connectivity index is 1.35. The maximum absolute atomic E-state index is 12.9. The quantitative estimate of drug-likeness (QED) is 0.738. The monoisotopic (exact) mass is 445 g/mol. The molecule has 2 aromatic carbocycles. The van der Waals surface area contributed by atoms with Crippen LogP contribution in [-0.2, 0) is 11.2 Å². The fourth-order valence-corrected chi connectivity index (χ4v) is 5.40. The van der Waals surface area contributed by atoms with Crippen molar-refractivity contribution in [1.82, 2.24) is 10.2 Å². The molecule has 1 N–H and O–H groups in total. The molecule has 0 spiro atoms. The van der Waals surface area contributed by atoms with Crippen molar-refractivity contribution in [2.75, 3.05) is 26.2 Å². The number of rotatable bonds is 4. The van der Waals surface area contributed by atoms with Crippen molar-refractivity contribution in [3.63, 3.8) is 0 Å². The summed E-state index contributed by atoms with van der Waals surface area (Å²) in [6, 6.07) is 16.2. The molecule has 6 heteroatoms. The van der Waals surface area contributed by atoms with Crippen LogP contribution in [0, 0.1) is 22.7 Å². The van der Waals surface area contributed by atoms with Crippen LogP contribution in [0.2, 0.25) is 0 Å². The first-order valence-electron chi connectivity index (χ1n) is 11.9. The summed E-state index contributed by atoms with van der Waals surface area (Å²) in [6.07, 6.45) is 2.26. The number of nitrogens with zero attached hydrogens (tertiary/aromatic N) is 2. The highest BCUT2D eigenvalue weighted by Crippen LogP contribution is 2.44. The Kier molecular flexibility index (Phi) is 5.76. The molecule has 172 valence electrons. The number of benzene rings is 2. The second kappa shape index (κ2) is 8.72. The lowest BCUT2D eigenvalue weighted by molar-refractivity contribution is -0.0361. The summed E-state index contributed by atoms with van der Waals surface area (Å²) in [7, 11) is 0. The third-order valence-corrected chi connectivity index (χ3v) is 7.37. The van der Waals surface area contributed by atoms with Gasteiger partial charge >= 0.3 is 6.09 Å². The molecule has 4 heterocycles. The molecule has 3 fully saturated rings. The Hall–Kier alpha value is -3.04. The first-order valence-corrected chi connectivity index (χ1v) is 11.9. The topological polar surface area (TPSA) is 74.6 Å². The largest absolute Gasteiger partial charge is 0.493 e. The molecule has 2 aromatic rings. The van der Waals surface area contributed by atoms with E-state index in [-0.39, 0.29) is 23.7 Å². The van der Waals surface area contributed by atoms with Gasteiger partial charge in [0.25, 0.3) is 0 Å². The summed E-state index contributed by atoms with van der Waals surface area (Å²) in [6.45, 7) is 7.80. The predicted octanol–water partition coefficient (Wildman–Crippen LogP) is 4.70. The fraction of sp³-hybridized carbons (Fsp3) is 0.481. The third kappa shape index (κ3) is 4.43. The molecule has 1 amide bonds. The van der Waals surface area contributed by atoms with Crippen LogP contribution in [0.3, 0.4) is 0 Å². The number of hydrogen-bond acceptors (Lipinski definition) is 5. The number of hydrogen-bond donors (Lipinski definition) is 1. The zero-order valence-corrected chi connectivity index (χ0v) is 19.3. The minimum Gasteiger partial charge on any atom is -0.493 e. The summed E-state index contributed by atoms with van der Waals surface area (Å²) >= 11 is 0. The van der Waals surface area contributed by atoms with Crippen LogP contribution in [0.5, 0.6) is 5.75 Å². The van der Waals surface area contributed by atoms with E-state index in [1.54, 1.807) is 0 Å². The van der Waals surface area contributed by atoms with E-state index in [2.05, 4.69) is 36.2 Å².